The molecule has 4 heterocycles. The fraction of sp³-hybridized carbons (Fsp3) is 0.300. The molecule has 7 heteroatoms. The van der Waals surface area contributed by atoms with Gasteiger partial charge in [0, 0.05) is 24.7 Å². The third kappa shape index (κ3) is 3.21. The molecule has 0 spiro atoms. The Morgan fingerprint density at radius 2 is 2.04 bits per heavy atom. The van der Waals surface area contributed by atoms with Crippen LogP contribution in [0.3, 0.4) is 0 Å². The number of carbonyl (C=O) groups is 1. The highest BCUT2D eigenvalue weighted by molar-refractivity contribution is 7.21. The van der Waals surface area contributed by atoms with Crippen molar-refractivity contribution in [2.75, 3.05) is 19.7 Å². The van der Waals surface area contributed by atoms with E-state index in [-0.39, 0.29) is 5.91 Å². The van der Waals surface area contributed by atoms with E-state index >= 15 is 0 Å². The van der Waals surface area contributed by atoms with Crippen molar-refractivity contribution in [3.05, 3.63) is 52.9 Å². The van der Waals surface area contributed by atoms with E-state index in [4.69, 9.17) is 4.74 Å². The first-order valence-corrected chi connectivity index (χ1v) is 10.8. The Hall–Kier alpha value is -2.38. The van der Waals surface area contributed by atoms with Crippen LogP contribution in [-0.2, 0) is 0 Å². The van der Waals surface area contributed by atoms with E-state index < -0.39 is 0 Å². The number of piperidine rings is 1. The van der Waals surface area contributed by atoms with Crippen molar-refractivity contribution >= 4 is 43.9 Å². The van der Waals surface area contributed by atoms with E-state index in [0.29, 0.717) is 5.92 Å². The van der Waals surface area contributed by atoms with Crippen LogP contribution in [0, 0.1) is 5.92 Å². The van der Waals surface area contributed by atoms with Gasteiger partial charge in [0.05, 0.1) is 17.0 Å². The van der Waals surface area contributed by atoms with Crippen LogP contribution < -0.4 is 4.74 Å². The van der Waals surface area contributed by atoms with Gasteiger partial charge in [-0.25, -0.2) is 4.98 Å². The topological polar surface area (TPSA) is 46.8 Å². The highest BCUT2D eigenvalue weighted by Gasteiger charge is 2.26. The summed E-state index contributed by atoms with van der Waals surface area (Å²) in [7, 11) is 0. The van der Waals surface area contributed by atoms with Crippen LogP contribution in [0.4, 0.5) is 0 Å². The number of para-hydroxylation sites is 1. The molecule has 0 aliphatic carbocycles. The zero-order chi connectivity index (χ0) is 18.2. The third-order valence-corrected chi connectivity index (χ3v) is 6.84. The van der Waals surface area contributed by atoms with E-state index in [0.717, 1.165) is 58.5 Å². The summed E-state index contributed by atoms with van der Waals surface area (Å²) in [6.45, 7) is 2.30. The molecular formula is C20H19N3O2S2. The summed E-state index contributed by atoms with van der Waals surface area (Å²) in [5.41, 5.74) is 1.03. The number of carbonyl (C=O) groups excluding carboxylic acids is 1. The van der Waals surface area contributed by atoms with Gasteiger partial charge in [-0.05, 0) is 37.0 Å². The van der Waals surface area contributed by atoms with Crippen molar-refractivity contribution in [2.24, 2.45) is 5.92 Å². The van der Waals surface area contributed by atoms with Gasteiger partial charge in [-0.15, -0.1) is 22.7 Å². The fourth-order valence-corrected chi connectivity index (χ4v) is 5.31. The minimum absolute atomic E-state index is 0.129. The number of nitrogens with zero attached hydrogens (tertiary/aromatic N) is 3. The summed E-state index contributed by atoms with van der Waals surface area (Å²) in [6.07, 6.45) is 3.98. The van der Waals surface area contributed by atoms with E-state index in [1.807, 2.05) is 52.9 Å². The monoisotopic (exact) mass is 397 g/mol. The Balaban J connectivity index is 1.21. The van der Waals surface area contributed by atoms with Gasteiger partial charge in [-0.1, -0.05) is 18.2 Å². The number of imidazole rings is 1. The van der Waals surface area contributed by atoms with Crippen molar-refractivity contribution in [3.63, 3.8) is 0 Å². The first-order valence-electron chi connectivity index (χ1n) is 9.10. The van der Waals surface area contributed by atoms with E-state index in [2.05, 4.69) is 9.38 Å². The molecule has 1 saturated heterocycles. The first-order chi connectivity index (χ1) is 13.3. The number of amides is 1. The van der Waals surface area contributed by atoms with Crippen LogP contribution in [0.5, 0.6) is 5.75 Å². The second-order valence-electron chi connectivity index (χ2n) is 6.83. The Bertz CT molecular complexity index is 1070. The minimum Gasteiger partial charge on any atom is -0.493 e. The van der Waals surface area contributed by atoms with Crippen LogP contribution in [-0.4, -0.2) is 39.9 Å². The lowest BCUT2D eigenvalue weighted by Gasteiger charge is -2.31. The summed E-state index contributed by atoms with van der Waals surface area (Å²) in [4.78, 5) is 22.2. The van der Waals surface area contributed by atoms with Crippen molar-refractivity contribution in [1.82, 2.24) is 14.3 Å². The predicted molar refractivity (Wildman–Crippen MR) is 109 cm³/mol. The van der Waals surface area contributed by atoms with Crippen molar-refractivity contribution < 1.29 is 9.53 Å². The van der Waals surface area contributed by atoms with E-state index in [9.17, 15) is 4.79 Å². The van der Waals surface area contributed by atoms with Crippen LogP contribution in [0.2, 0.25) is 0 Å². The Morgan fingerprint density at radius 1 is 1.22 bits per heavy atom. The van der Waals surface area contributed by atoms with Gasteiger partial charge in [0.2, 0.25) is 0 Å². The molecule has 5 nitrogen and oxygen atoms in total. The molecule has 0 radical (unpaired) electrons. The Morgan fingerprint density at radius 3 is 2.85 bits per heavy atom. The zero-order valence-electron chi connectivity index (χ0n) is 14.7. The lowest BCUT2D eigenvalue weighted by molar-refractivity contribution is 0.0666. The number of hydrogen-bond donors (Lipinski definition) is 0. The summed E-state index contributed by atoms with van der Waals surface area (Å²) in [5, 5.41) is 2.02. The van der Waals surface area contributed by atoms with Gasteiger partial charge in [-0.3, -0.25) is 9.20 Å². The maximum absolute atomic E-state index is 12.9. The average Bonchev–Trinajstić information content (AvgIpc) is 3.39. The molecule has 5 rings (SSSR count). The normalized spacial score (nSPS) is 15.6. The van der Waals surface area contributed by atoms with Crippen LogP contribution in [0.1, 0.15) is 22.5 Å². The number of likely N-dealkylation sites (tertiary alicyclic amines) is 1. The Labute approximate surface area is 164 Å². The first kappa shape index (κ1) is 16.8. The van der Waals surface area contributed by atoms with Gasteiger partial charge in [0.15, 0.2) is 4.96 Å². The second kappa shape index (κ2) is 6.98. The molecule has 1 fully saturated rings. The molecule has 0 atom stereocenters. The van der Waals surface area contributed by atoms with Gasteiger partial charge < -0.3 is 9.64 Å². The molecule has 3 aromatic heterocycles. The minimum atomic E-state index is 0.129. The summed E-state index contributed by atoms with van der Waals surface area (Å²) in [5.74, 6) is 1.55. The number of ether oxygens (including phenoxy) is 1. The molecule has 0 unspecified atom stereocenters. The summed E-state index contributed by atoms with van der Waals surface area (Å²) >= 11 is 3.11. The molecule has 138 valence electrons. The van der Waals surface area contributed by atoms with Crippen molar-refractivity contribution in [1.29, 1.82) is 0 Å². The lowest BCUT2D eigenvalue weighted by atomic mass is 9.97. The molecule has 0 N–H and O–H groups in total. The van der Waals surface area contributed by atoms with Crippen LogP contribution in [0.25, 0.3) is 15.3 Å². The highest BCUT2D eigenvalue weighted by atomic mass is 32.1. The molecule has 1 aliphatic heterocycles. The maximum atomic E-state index is 12.9. The number of fused-ring (bicyclic) bond motifs is 3. The molecular weight excluding hydrogens is 378 g/mol. The number of rotatable bonds is 4. The van der Waals surface area contributed by atoms with Gasteiger partial charge in [0.1, 0.15) is 10.6 Å². The van der Waals surface area contributed by atoms with E-state index in [1.165, 1.54) is 11.3 Å². The number of aromatic nitrogens is 2. The second-order valence-corrected chi connectivity index (χ2v) is 8.73. The predicted octanol–water partition coefficient (Wildman–Crippen LogP) is 4.54. The standard InChI is InChI=1S/C20H19N3O2S2/c24-19(17-12-16-18(27-17)21-20-23(16)10-11-26-20)22-8-6-14(7-9-22)13-25-15-4-2-1-3-5-15/h1-5,10-12,14H,6-9,13H2. The van der Waals surface area contributed by atoms with E-state index in [1.54, 1.807) is 11.3 Å². The van der Waals surface area contributed by atoms with Crippen molar-refractivity contribution in [3.8, 4) is 5.75 Å². The largest absolute Gasteiger partial charge is 0.493 e. The molecule has 27 heavy (non-hydrogen) atoms. The highest BCUT2D eigenvalue weighted by Crippen LogP contribution is 2.30. The van der Waals surface area contributed by atoms with Crippen LogP contribution in [0.15, 0.2) is 48.0 Å². The lowest BCUT2D eigenvalue weighted by Crippen LogP contribution is -2.39. The zero-order valence-corrected chi connectivity index (χ0v) is 16.3. The third-order valence-electron chi connectivity index (χ3n) is 5.08. The molecule has 0 saturated carbocycles. The van der Waals surface area contributed by atoms with Gasteiger partial charge in [-0.2, -0.15) is 0 Å². The maximum Gasteiger partial charge on any atom is 0.264 e. The average molecular weight is 398 g/mol. The van der Waals surface area contributed by atoms with Gasteiger partial charge >= 0.3 is 0 Å². The Kier molecular flexibility index (Phi) is 4.33. The summed E-state index contributed by atoms with van der Waals surface area (Å²) in [6, 6.07) is 11.9. The molecule has 1 aliphatic rings. The fourth-order valence-electron chi connectivity index (χ4n) is 3.54. The van der Waals surface area contributed by atoms with Crippen LogP contribution >= 0.6 is 22.7 Å². The molecule has 1 amide bonds. The SMILES string of the molecule is O=C(c1cc2c(nc3sccn32)s1)N1CCC(COc2ccccc2)CC1. The van der Waals surface area contributed by atoms with Crippen molar-refractivity contribution in [2.45, 2.75) is 12.8 Å². The number of thiophene rings is 1. The smallest absolute Gasteiger partial charge is 0.264 e. The number of thiazole rings is 1. The van der Waals surface area contributed by atoms with Gasteiger partial charge in [0.25, 0.3) is 5.91 Å². The number of hydrogen-bond acceptors (Lipinski definition) is 5. The molecule has 4 aromatic rings. The molecule has 0 bridgehead atoms. The summed E-state index contributed by atoms with van der Waals surface area (Å²) < 4.78 is 7.93. The quantitative estimate of drug-likeness (QED) is 0.508. The molecule has 1 aromatic carbocycles. The number of benzene rings is 1.